The van der Waals surface area contributed by atoms with Crippen molar-refractivity contribution in [3.8, 4) is 5.75 Å². The fourth-order valence-corrected chi connectivity index (χ4v) is 4.50. The van der Waals surface area contributed by atoms with Gasteiger partial charge < -0.3 is 18.8 Å². The maximum Gasteiger partial charge on any atom is 0.291 e. The average Bonchev–Trinajstić information content (AvgIpc) is 3.40. The smallest absolute Gasteiger partial charge is 0.291 e. The Labute approximate surface area is 180 Å². The van der Waals surface area contributed by atoms with E-state index in [1.807, 2.05) is 24.3 Å². The van der Waals surface area contributed by atoms with Gasteiger partial charge in [0.15, 0.2) is 5.43 Å². The Hall–Kier alpha value is -3.12. The van der Waals surface area contributed by atoms with Gasteiger partial charge in [-0.3, -0.25) is 9.59 Å². The first-order valence-corrected chi connectivity index (χ1v) is 10.9. The molecule has 3 heterocycles. The summed E-state index contributed by atoms with van der Waals surface area (Å²) in [6, 6.07) is 14.2. The largest absolute Gasteiger partial charge is 0.494 e. The van der Waals surface area contributed by atoms with Crippen LogP contribution in [-0.2, 0) is 4.74 Å². The zero-order valence-electron chi connectivity index (χ0n) is 17.5. The molecule has 2 aliphatic rings. The molecule has 0 radical (unpaired) electrons. The number of hydrogen-bond donors (Lipinski definition) is 0. The van der Waals surface area contributed by atoms with E-state index in [1.54, 1.807) is 29.2 Å². The molecule has 2 aliphatic heterocycles. The molecule has 1 fully saturated rings. The number of para-hydroxylation sites is 1. The zero-order chi connectivity index (χ0) is 21.4. The Kier molecular flexibility index (Phi) is 5.24. The molecule has 1 amide bonds. The quantitative estimate of drug-likeness (QED) is 0.596. The molecule has 0 aliphatic carbocycles. The summed E-state index contributed by atoms with van der Waals surface area (Å²) < 4.78 is 17.6. The van der Waals surface area contributed by atoms with E-state index in [-0.39, 0.29) is 23.2 Å². The lowest BCUT2D eigenvalue weighted by Gasteiger charge is -2.27. The van der Waals surface area contributed by atoms with Gasteiger partial charge in [-0.2, -0.15) is 0 Å². The molecule has 3 aromatic rings. The number of rotatable bonds is 6. The minimum absolute atomic E-state index is 0.0372. The van der Waals surface area contributed by atoms with E-state index < -0.39 is 6.04 Å². The van der Waals surface area contributed by atoms with E-state index in [9.17, 15) is 9.59 Å². The summed E-state index contributed by atoms with van der Waals surface area (Å²) in [5, 5.41) is 0.483. The van der Waals surface area contributed by atoms with Crippen LogP contribution in [0.5, 0.6) is 5.75 Å². The minimum atomic E-state index is -0.530. The third-order valence-corrected chi connectivity index (χ3v) is 5.94. The van der Waals surface area contributed by atoms with E-state index >= 15 is 0 Å². The maximum atomic E-state index is 13.5. The highest BCUT2D eigenvalue weighted by Crippen LogP contribution is 2.39. The molecule has 2 atom stereocenters. The van der Waals surface area contributed by atoms with Gasteiger partial charge in [0.1, 0.15) is 11.3 Å². The monoisotopic (exact) mass is 419 g/mol. The number of ether oxygens (including phenoxy) is 2. The fraction of sp³-hybridized carbons (Fsp3) is 0.360. The predicted molar refractivity (Wildman–Crippen MR) is 117 cm³/mol. The Morgan fingerprint density at radius 3 is 2.81 bits per heavy atom. The second kappa shape index (κ2) is 8.19. The molecule has 0 spiro atoms. The molecule has 2 unspecified atom stereocenters. The van der Waals surface area contributed by atoms with Crippen LogP contribution in [0.4, 0.5) is 0 Å². The number of amides is 1. The third-order valence-electron chi connectivity index (χ3n) is 5.94. The molecular formula is C25H25NO5. The molecule has 1 saturated heterocycles. The van der Waals surface area contributed by atoms with Crippen LogP contribution in [-0.4, -0.2) is 36.7 Å². The van der Waals surface area contributed by atoms with Gasteiger partial charge in [-0.1, -0.05) is 31.2 Å². The first-order chi connectivity index (χ1) is 15.2. The van der Waals surface area contributed by atoms with Crippen LogP contribution < -0.4 is 10.2 Å². The van der Waals surface area contributed by atoms with Crippen molar-refractivity contribution < 1.29 is 18.7 Å². The number of carbonyl (C=O) groups excluding carboxylic acids is 1. The molecule has 160 valence electrons. The van der Waals surface area contributed by atoms with Gasteiger partial charge in [-0.05, 0) is 49.1 Å². The van der Waals surface area contributed by atoms with Gasteiger partial charge in [0, 0.05) is 13.2 Å². The van der Waals surface area contributed by atoms with Gasteiger partial charge in [0.25, 0.3) is 5.91 Å². The van der Waals surface area contributed by atoms with Crippen LogP contribution in [0.3, 0.4) is 0 Å². The van der Waals surface area contributed by atoms with Crippen molar-refractivity contribution in [2.45, 2.75) is 38.3 Å². The summed E-state index contributed by atoms with van der Waals surface area (Å²) in [5.41, 5.74) is 1.50. The minimum Gasteiger partial charge on any atom is -0.494 e. The Balaban J connectivity index is 1.65. The van der Waals surface area contributed by atoms with E-state index in [0.29, 0.717) is 36.3 Å². The molecule has 6 heteroatoms. The highest BCUT2D eigenvalue weighted by molar-refractivity contribution is 5.99. The molecule has 0 bridgehead atoms. The van der Waals surface area contributed by atoms with E-state index in [0.717, 1.165) is 30.6 Å². The summed E-state index contributed by atoms with van der Waals surface area (Å²) in [4.78, 5) is 28.6. The van der Waals surface area contributed by atoms with Crippen molar-refractivity contribution in [2.24, 2.45) is 0 Å². The second-order valence-corrected chi connectivity index (χ2v) is 8.09. The predicted octanol–water partition coefficient (Wildman–Crippen LogP) is 4.31. The van der Waals surface area contributed by atoms with E-state index in [2.05, 4.69) is 6.92 Å². The molecule has 0 saturated carbocycles. The normalized spacial score (nSPS) is 20.4. The van der Waals surface area contributed by atoms with Crippen molar-refractivity contribution in [1.82, 2.24) is 4.90 Å². The molecule has 1 aromatic heterocycles. The van der Waals surface area contributed by atoms with Crippen LogP contribution in [0.15, 0.2) is 57.7 Å². The standard InChI is InChI=1S/C25H25NO5/c1-2-12-29-17-8-5-7-16(14-17)22-21-23(27)19-10-3-4-11-20(19)31-24(21)25(28)26(22)15-18-9-6-13-30-18/h3-5,7-8,10-11,14,18,22H,2,6,9,12-13,15H2,1H3. The van der Waals surface area contributed by atoms with Gasteiger partial charge >= 0.3 is 0 Å². The summed E-state index contributed by atoms with van der Waals surface area (Å²) in [7, 11) is 0. The second-order valence-electron chi connectivity index (χ2n) is 8.09. The molecule has 6 nitrogen and oxygen atoms in total. The summed E-state index contributed by atoms with van der Waals surface area (Å²) >= 11 is 0. The highest BCUT2D eigenvalue weighted by atomic mass is 16.5. The molecule has 2 aromatic carbocycles. The number of hydrogen-bond acceptors (Lipinski definition) is 5. The van der Waals surface area contributed by atoms with Crippen molar-refractivity contribution >= 4 is 16.9 Å². The lowest BCUT2D eigenvalue weighted by molar-refractivity contribution is 0.0486. The number of fused-ring (bicyclic) bond motifs is 2. The van der Waals surface area contributed by atoms with Crippen LogP contribution in [0.1, 0.15) is 53.9 Å². The van der Waals surface area contributed by atoms with Crippen molar-refractivity contribution in [3.05, 3.63) is 75.6 Å². The average molecular weight is 419 g/mol. The fourth-order valence-electron chi connectivity index (χ4n) is 4.50. The van der Waals surface area contributed by atoms with Crippen molar-refractivity contribution in [1.29, 1.82) is 0 Å². The summed E-state index contributed by atoms with van der Waals surface area (Å²) in [5.74, 6) is 0.590. The Bertz CT molecular complexity index is 1180. The van der Waals surface area contributed by atoms with Crippen LogP contribution >= 0.6 is 0 Å². The molecule has 0 N–H and O–H groups in total. The number of carbonyl (C=O) groups is 1. The first-order valence-electron chi connectivity index (χ1n) is 10.9. The van der Waals surface area contributed by atoms with E-state index in [4.69, 9.17) is 13.9 Å². The topological polar surface area (TPSA) is 69.0 Å². The Morgan fingerprint density at radius 2 is 2.00 bits per heavy atom. The van der Waals surface area contributed by atoms with Crippen LogP contribution in [0.2, 0.25) is 0 Å². The number of nitrogens with zero attached hydrogens (tertiary/aromatic N) is 1. The number of benzene rings is 2. The van der Waals surface area contributed by atoms with Gasteiger partial charge in [0.2, 0.25) is 5.76 Å². The van der Waals surface area contributed by atoms with Gasteiger partial charge in [0.05, 0.1) is 29.7 Å². The first kappa shape index (κ1) is 19.8. The van der Waals surface area contributed by atoms with Crippen LogP contribution in [0.25, 0.3) is 11.0 Å². The summed E-state index contributed by atoms with van der Waals surface area (Å²) in [6.45, 7) is 3.78. The van der Waals surface area contributed by atoms with Gasteiger partial charge in [-0.25, -0.2) is 0 Å². The molecule has 31 heavy (non-hydrogen) atoms. The SMILES string of the molecule is CCCOc1cccc(C2c3c(oc4ccccc4c3=O)C(=O)N2CC2CCCO2)c1. The molecular weight excluding hydrogens is 394 g/mol. The lowest BCUT2D eigenvalue weighted by Crippen LogP contribution is -2.36. The maximum absolute atomic E-state index is 13.5. The van der Waals surface area contributed by atoms with Crippen LogP contribution in [0, 0.1) is 0 Å². The van der Waals surface area contributed by atoms with Crippen molar-refractivity contribution in [2.75, 3.05) is 19.8 Å². The highest BCUT2D eigenvalue weighted by Gasteiger charge is 2.44. The lowest BCUT2D eigenvalue weighted by atomic mass is 9.98. The third kappa shape index (κ3) is 3.51. The zero-order valence-corrected chi connectivity index (χ0v) is 17.5. The van der Waals surface area contributed by atoms with Gasteiger partial charge in [-0.15, -0.1) is 0 Å². The van der Waals surface area contributed by atoms with E-state index in [1.165, 1.54) is 0 Å². The molecule has 5 rings (SSSR count). The Morgan fingerprint density at radius 1 is 1.13 bits per heavy atom. The summed E-state index contributed by atoms with van der Waals surface area (Å²) in [6.07, 6.45) is 2.74. The van der Waals surface area contributed by atoms with Crippen molar-refractivity contribution in [3.63, 3.8) is 0 Å².